The van der Waals surface area contributed by atoms with Crippen LogP contribution in [-0.4, -0.2) is 19.4 Å². The van der Waals surface area contributed by atoms with E-state index in [2.05, 4.69) is 0 Å². The lowest BCUT2D eigenvalue weighted by atomic mass is 10.1. The number of rotatable bonds is 4. The molecule has 0 aliphatic rings. The van der Waals surface area contributed by atoms with E-state index in [0.29, 0.717) is 12.3 Å². The maximum Gasteiger partial charge on any atom is 0.217 e. The van der Waals surface area contributed by atoms with Crippen molar-refractivity contribution in [2.24, 2.45) is 0 Å². The first kappa shape index (κ1) is 13.4. The number of benzene rings is 2. The summed E-state index contributed by atoms with van der Waals surface area (Å²) in [6, 6.07) is 17.5. The zero-order chi connectivity index (χ0) is 14.8. The van der Waals surface area contributed by atoms with E-state index in [1.54, 1.807) is 0 Å². The summed E-state index contributed by atoms with van der Waals surface area (Å²) in [6.07, 6.45) is 0. The van der Waals surface area contributed by atoms with Crippen LogP contribution in [0, 0.1) is 6.92 Å². The Balaban J connectivity index is 1.81. The van der Waals surface area contributed by atoms with Crippen LogP contribution in [-0.2, 0) is 0 Å². The van der Waals surface area contributed by atoms with Crippen LogP contribution in [0.15, 0.2) is 59.0 Å². The van der Waals surface area contributed by atoms with E-state index >= 15 is 0 Å². The molecule has 0 fully saturated rings. The third-order valence-corrected chi connectivity index (χ3v) is 3.61. The third kappa shape index (κ3) is 2.68. The van der Waals surface area contributed by atoms with Crippen molar-refractivity contribution in [2.45, 2.75) is 6.92 Å². The van der Waals surface area contributed by atoms with E-state index in [0.717, 1.165) is 22.2 Å². The van der Waals surface area contributed by atoms with E-state index in [9.17, 15) is 4.79 Å². The highest BCUT2D eigenvalue weighted by Crippen LogP contribution is 2.21. The van der Waals surface area contributed by atoms with Crippen molar-refractivity contribution in [2.75, 3.05) is 18.5 Å². The van der Waals surface area contributed by atoms with Crippen LogP contribution in [0.5, 0.6) is 0 Å². The van der Waals surface area contributed by atoms with Crippen molar-refractivity contribution in [1.82, 2.24) is 0 Å². The van der Waals surface area contributed by atoms with Gasteiger partial charge in [-0.15, -0.1) is 0 Å². The first-order valence-electron chi connectivity index (χ1n) is 6.94. The molecule has 3 heteroatoms. The number of hydrogen-bond acceptors (Lipinski definition) is 3. The highest BCUT2D eigenvalue weighted by molar-refractivity contribution is 6.00. The maximum absolute atomic E-state index is 12.4. The Labute approximate surface area is 123 Å². The molecule has 0 saturated heterocycles. The van der Waals surface area contributed by atoms with Gasteiger partial charge in [0.2, 0.25) is 5.78 Å². The summed E-state index contributed by atoms with van der Waals surface area (Å²) >= 11 is 0. The van der Waals surface area contributed by atoms with Gasteiger partial charge in [-0.3, -0.25) is 4.79 Å². The van der Waals surface area contributed by atoms with E-state index in [4.69, 9.17) is 4.42 Å². The summed E-state index contributed by atoms with van der Waals surface area (Å²) < 4.78 is 5.62. The topological polar surface area (TPSA) is 33.5 Å². The van der Waals surface area contributed by atoms with Crippen LogP contribution >= 0.6 is 0 Å². The summed E-state index contributed by atoms with van der Waals surface area (Å²) in [6.45, 7) is 2.34. The normalized spacial score (nSPS) is 10.8. The molecule has 1 heterocycles. The van der Waals surface area contributed by atoms with Crippen molar-refractivity contribution >= 4 is 22.4 Å². The monoisotopic (exact) mass is 279 g/mol. The number of fused-ring (bicyclic) bond motifs is 1. The molecule has 3 aromatic rings. The highest BCUT2D eigenvalue weighted by atomic mass is 16.3. The Hall–Kier alpha value is -2.55. The molecule has 0 bridgehead atoms. The van der Waals surface area contributed by atoms with Gasteiger partial charge < -0.3 is 9.32 Å². The van der Waals surface area contributed by atoms with Gasteiger partial charge in [0.05, 0.1) is 6.54 Å². The minimum absolute atomic E-state index is 0.0167. The largest absolute Gasteiger partial charge is 0.453 e. The fourth-order valence-corrected chi connectivity index (χ4v) is 2.49. The predicted molar refractivity (Wildman–Crippen MR) is 85.0 cm³/mol. The predicted octanol–water partition coefficient (Wildman–Crippen LogP) is 4.06. The van der Waals surface area contributed by atoms with Crippen LogP contribution in [0.4, 0.5) is 5.69 Å². The molecule has 3 nitrogen and oxygen atoms in total. The average Bonchev–Trinajstić information content (AvgIpc) is 2.91. The Morgan fingerprint density at radius 3 is 2.57 bits per heavy atom. The molecule has 0 amide bonds. The van der Waals surface area contributed by atoms with Gasteiger partial charge in [-0.1, -0.05) is 36.4 Å². The second-order valence-electron chi connectivity index (χ2n) is 5.21. The van der Waals surface area contributed by atoms with Crippen LogP contribution in [0.1, 0.15) is 16.1 Å². The molecule has 106 valence electrons. The van der Waals surface area contributed by atoms with Gasteiger partial charge in [-0.05, 0) is 30.7 Å². The Kier molecular flexibility index (Phi) is 3.48. The number of hydrogen-bond donors (Lipinski definition) is 0. The fourth-order valence-electron chi connectivity index (χ4n) is 2.49. The number of carbonyl (C=O) groups excluding carboxylic acids is 1. The molecule has 1 aromatic heterocycles. The van der Waals surface area contributed by atoms with Gasteiger partial charge in [0.15, 0.2) is 5.76 Å². The summed E-state index contributed by atoms with van der Waals surface area (Å²) in [5.74, 6) is 0.397. The lowest BCUT2D eigenvalue weighted by Gasteiger charge is -2.19. The number of carbonyl (C=O) groups is 1. The Morgan fingerprint density at radius 2 is 1.81 bits per heavy atom. The molecule has 2 aromatic carbocycles. The maximum atomic E-state index is 12.4. The van der Waals surface area contributed by atoms with E-state index < -0.39 is 0 Å². The zero-order valence-electron chi connectivity index (χ0n) is 12.2. The van der Waals surface area contributed by atoms with Crippen LogP contribution in [0.3, 0.4) is 0 Å². The molecule has 0 saturated carbocycles. The first-order chi connectivity index (χ1) is 10.1. The van der Waals surface area contributed by atoms with Crippen molar-refractivity contribution in [1.29, 1.82) is 0 Å². The molecule has 0 aliphatic carbocycles. The molecular weight excluding hydrogens is 262 g/mol. The SMILES string of the molecule is Cc1ccccc1N(C)CC(=O)c1cc2ccccc2o1. The van der Waals surface area contributed by atoms with Crippen molar-refractivity contribution in [3.63, 3.8) is 0 Å². The molecule has 0 atom stereocenters. The van der Waals surface area contributed by atoms with Crippen molar-refractivity contribution in [3.8, 4) is 0 Å². The lowest BCUT2D eigenvalue weighted by molar-refractivity contribution is 0.0976. The van der Waals surface area contributed by atoms with Crippen molar-refractivity contribution in [3.05, 3.63) is 65.9 Å². The number of aryl methyl sites for hydroxylation is 1. The number of ketones is 1. The number of likely N-dealkylation sites (N-methyl/N-ethyl adjacent to an activating group) is 1. The summed E-state index contributed by atoms with van der Waals surface area (Å²) in [5, 5.41) is 0.958. The van der Waals surface area contributed by atoms with E-state index in [1.165, 1.54) is 0 Å². The fraction of sp³-hybridized carbons (Fsp3) is 0.167. The smallest absolute Gasteiger partial charge is 0.217 e. The summed E-state index contributed by atoms with van der Waals surface area (Å²) in [4.78, 5) is 14.3. The number of para-hydroxylation sites is 2. The summed E-state index contributed by atoms with van der Waals surface area (Å²) in [7, 11) is 1.92. The third-order valence-electron chi connectivity index (χ3n) is 3.61. The molecule has 21 heavy (non-hydrogen) atoms. The van der Waals surface area contributed by atoms with Gasteiger partial charge in [0, 0.05) is 18.1 Å². The lowest BCUT2D eigenvalue weighted by Crippen LogP contribution is -2.25. The second-order valence-corrected chi connectivity index (χ2v) is 5.21. The molecule has 0 unspecified atom stereocenters. The average molecular weight is 279 g/mol. The number of anilines is 1. The van der Waals surface area contributed by atoms with Gasteiger partial charge in [-0.25, -0.2) is 0 Å². The van der Waals surface area contributed by atoms with E-state index in [-0.39, 0.29) is 5.78 Å². The van der Waals surface area contributed by atoms with Gasteiger partial charge in [0.25, 0.3) is 0 Å². The Morgan fingerprint density at radius 1 is 1.10 bits per heavy atom. The molecule has 0 N–H and O–H groups in total. The molecule has 0 aliphatic heterocycles. The highest BCUT2D eigenvalue weighted by Gasteiger charge is 2.15. The summed E-state index contributed by atoms with van der Waals surface area (Å²) in [5.41, 5.74) is 2.96. The zero-order valence-corrected chi connectivity index (χ0v) is 12.2. The van der Waals surface area contributed by atoms with Crippen LogP contribution in [0.2, 0.25) is 0 Å². The minimum Gasteiger partial charge on any atom is -0.453 e. The van der Waals surface area contributed by atoms with Crippen LogP contribution in [0.25, 0.3) is 11.0 Å². The van der Waals surface area contributed by atoms with Crippen molar-refractivity contribution < 1.29 is 9.21 Å². The molecular formula is C18H17NO2. The molecule has 0 radical (unpaired) electrons. The standard InChI is InChI=1S/C18H17NO2/c1-13-7-3-5-9-15(13)19(2)12-16(20)18-11-14-8-4-6-10-17(14)21-18/h3-11H,12H2,1-2H3. The Bertz CT molecular complexity index is 756. The molecule has 0 spiro atoms. The number of Topliss-reactive ketones (excluding diaryl/α,β-unsaturated/α-hetero) is 1. The number of furan rings is 1. The van der Waals surface area contributed by atoms with Gasteiger partial charge >= 0.3 is 0 Å². The quantitative estimate of drug-likeness (QED) is 0.675. The minimum atomic E-state index is -0.0167. The first-order valence-corrected chi connectivity index (χ1v) is 6.94. The van der Waals surface area contributed by atoms with Gasteiger partial charge in [0.1, 0.15) is 5.58 Å². The van der Waals surface area contributed by atoms with Gasteiger partial charge in [-0.2, -0.15) is 0 Å². The number of nitrogens with zero attached hydrogens (tertiary/aromatic N) is 1. The van der Waals surface area contributed by atoms with E-state index in [1.807, 2.05) is 73.5 Å². The second kappa shape index (κ2) is 5.44. The molecule has 3 rings (SSSR count). The van der Waals surface area contributed by atoms with Crippen LogP contribution < -0.4 is 4.90 Å².